The van der Waals surface area contributed by atoms with E-state index in [1.807, 2.05) is 0 Å². The van der Waals surface area contributed by atoms with E-state index in [4.69, 9.17) is 5.14 Å². The van der Waals surface area contributed by atoms with Crippen LogP contribution in [0.3, 0.4) is 0 Å². The van der Waals surface area contributed by atoms with Crippen LogP contribution in [-0.2, 0) is 16.6 Å². The summed E-state index contributed by atoms with van der Waals surface area (Å²) in [5, 5.41) is 10.1. The molecule has 2 aromatic carbocycles. The summed E-state index contributed by atoms with van der Waals surface area (Å²) in [6, 6.07) is 10.8. The van der Waals surface area contributed by atoms with Gasteiger partial charge in [0.05, 0.1) is 4.90 Å². The van der Waals surface area contributed by atoms with Crippen LogP contribution in [0.25, 0.3) is 0 Å². The predicted molar refractivity (Wildman–Crippen MR) is 80.1 cm³/mol. The number of hydrogen-bond donors (Lipinski definition) is 3. The summed E-state index contributed by atoms with van der Waals surface area (Å²) in [4.78, 5) is 11.7. The average Bonchev–Trinajstić information content (AvgIpc) is 2.45. The van der Waals surface area contributed by atoms with Crippen molar-refractivity contribution in [3.8, 4) is 0 Å². The molecule has 2 rings (SSSR count). The smallest absolute Gasteiger partial charge is 0.319 e. The second kappa shape index (κ2) is 6.54. The number of sulfonamides is 1. The molecule has 116 valence electrons. The molecule has 0 aliphatic carbocycles. The molecule has 0 bridgehead atoms. The van der Waals surface area contributed by atoms with E-state index >= 15 is 0 Å². The minimum absolute atomic E-state index is 0.0433. The third-order valence-corrected chi connectivity index (χ3v) is 3.71. The first-order chi connectivity index (χ1) is 10.3. The lowest BCUT2D eigenvalue weighted by atomic mass is 10.2. The lowest BCUT2D eigenvalue weighted by Crippen LogP contribution is -2.28. The molecule has 0 spiro atoms. The van der Waals surface area contributed by atoms with E-state index < -0.39 is 16.1 Å². The molecule has 2 aromatic rings. The second-order valence-corrected chi connectivity index (χ2v) is 6.07. The van der Waals surface area contributed by atoms with Crippen LogP contribution < -0.4 is 15.8 Å². The van der Waals surface area contributed by atoms with Gasteiger partial charge in [-0.3, -0.25) is 0 Å². The Morgan fingerprint density at radius 3 is 2.41 bits per heavy atom. The second-order valence-electron chi connectivity index (χ2n) is 4.51. The summed E-state index contributed by atoms with van der Waals surface area (Å²) < 4.78 is 35.2. The first kappa shape index (κ1) is 15.9. The number of amides is 2. The van der Waals surface area contributed by atoms with Gasteiger partial charge in [0.25, 0.3) is 0 Å². The maximum atomic E-state index is 13.0. The number of urea groups is 1. The largest absolute Gasteiger partial charge is 0.334 e. The van der Waals surface area contributed by atoms with E-state index in [1.165, 1.54) is 36.4 Å². The highest BCUT2D eigenvalue weighted by molar-refractivity contribution is 7.89. The molecular weight excluding hydrogens is 309 g/mol. The zero-order valence-corrected chi connectivity index (χ0v) is 12.2. The van der Waals surface area contributed by atoms with E-state index in [2.05, 4.69) is 10.6 Å². The number of halogens is 1. The topological polar surface area (TPSA) is 101 Å². The van der Waals surface area contributed by atoms with Crippen molar-refractivity contribution in [2.75, 3.05) is 5.32 Å². The molecule has 0 aromatic heterocycles. The molecule has 0 atom stereocenters. The van der Waals surface area contributed by atoms with Gasteiger partial charge in [-0.05, 0) is 42.0 Å². The molecule has 22 heavy (non-hydrogen) atoms. The standard InChI is InChI=1S/C14H14FN3O3S/c15-11-3-1-2-10(8-11)9-17-14(19)18-12-4-6-13(7-5-12)22(16,20)21/h1-8H,9H2,(H2,16,20,21)(H2,17,18,19). The zero-order chi connectivity index (χ0) is 16.2. The first-order valence-corrected chi connectivity index (χ1v) is 7.81. The number of primary sulfonamides is 1. The molecule has 0 fully saturated rings. The quantitative estimate of drug-likeness (QED) is 0.799. The minimum atomic E-state index is -3.76. The maximum absolute atomic E-state index is 13.0. The van der Waals surface area contributed by atoms with Crippen LogP contribution in [0.15, 0.2) is 53.4 Å². The number of benzene rings is 2. The fourth-order valence-electron chi connectivity index (χ4n) is 1.73. The summed E-state index contributed by atoms with van der Waals surface area (Å²) in [6.07, 6.45) is 0. The third-order valence-electron chi connectivity index (χ3n) is 2.78. The highest BCUT2D eigenvalue weighted by Gasteiger charge is 2.08. The average molecular weight is 323 g/mol. The molecular formula is C14H14FN3O3S. The molecule has 0 heterocycles. The Kier molecular flexibility index (Phi) is 4.74. The van der Waals surface area contributed by atoms with Crippen molar-refractivity contribution in [3.05, 3.63) is 59.9 Å². The molecule has 0 unspecified atom stereocenters. The van der Waals surface area contributed by atoms with Crippen LogP contribution in [-0.4, -0.2) is 14.4 Å². The highest BCUT2D eigenvalue weighted by Crippen LogP contribution is 2.12. The van der Waals surface area contributed by atoms with E-state index in [9.17, 15) is 17.6 Å². The van der Waals surface area contributed by atoms with Gasteiger partial charge in [0.1, 0.15) is 5.82 Å². The molecule has 0 aliphatic rings. The van der Waals surface area contributed by atoms with Gasteiger partial charge in [-0.2, -0.15) is 0 Å². The molecule has 0 aliphatic heterocycles. The minimum Gasteiger partial charge on any atom is -0.334 e. The Morgan fingerprint density at radius 1 is 1.14 bits per heavy atom. The summed E-state index contributed by atoms with van der Waals surface area (Å²) in [5.41, 5.74) is 1.03. The van der Waals surface area contributed by atoms with Crippen molar-refractivity contribution < 1.29 is 17.6 Å². The van der Waals surface area contributed by atoms with Crippen molar-refractivity contribution in [1.82, 2.24) is 5.32 Å². The molecule has 4 N–H and O–H groups in total. The number of carbonyl (C=O) groups excluding carboxylic acids is 1. The number of nitrogens with two attached hydrogens (primary N) is 1. The summed E-state index contributed by atoms with van der Waals surface area (Å²) >= 11 is 0. The Hall–Kier alpha value is -2.45. The van der Waals surface area contributed by atoms with Gasteiger partial charge < -0.3 is 10.6 Å². The van der Waals surface area contributed by atoms with E-state index in [1.54, 1.807) is 12.1 Å². The van der Waals surface area contributed by atoms with Crippen molar-refractivity contribution in [2.45, 2.75) is 11.4 Å². The van der Waals surface area contributed by atoms with E-state index in [-0.39, 0.29) is 17.3 Å². The van der Waals surface area contributed by atoms with Gasteiger partial charge in [0.2, 0.25) is 10.0 Å². The number of nitrogens with one attached hydrogen (secondary N) is 2. The van der Waals surface area contributed by atoms with Gasteiger partial charge in [-0.15, -0.1) is 0 Å². The lowest BCUT2D eigenvalue weighted by molar-refractivity contribution is 0.251. The first-order valence-electron chi connectivity index (χ1n) is 6.27. The SMILES string of the molecule is NS(=O)(=O)c1ccc(NC(=O)NCc2cccc(F)c2)cc1. The van der Waals surface area contributed by atoms with Crippen molar-refractivity contribution in [1.29, 1.82) is 0 Å². The van der Waals surface area contributed by atoms with Gasteiger partial charge in [-0.1, -0.05) is 12.1 Å². The number of anilines is 1. The van der Waals surface area contributed by atoms with Crippen LogP contribution in [0.1, 0.15) is 5.56 Å². The lowest BCUT2D eigenvalue weighted by Gasteiger charge is -2.08. The van der Waals surface area contributed by atoms with Gasteiger partial charge in [-0.25, -0.2) is 22.7 Å². The summed E-state index contributed by atoms with van der Waals surface area (Å²) in [7, 11) is -3.76. The molecule has 6 nitrogen and oxygen atoms in total. The Morgan fingerprint density at radius 2 is 1.82 bits per heavy atom. The molecule has 0 saturated carbocycles. The normalized spacial score (nSPS) is 11.0. The molecule has 8 heteroatoms. The van der Waals surface area contributed by atoms with Crippen molar-refractivity contribution in [3.63, 3.8) is 0 Å². The number of hydrogen-bond acceptors (Lipinski definition) is 3. The molecule has 0 saturated heterocycles. The molecule has 0 radical (unpaired) electrons. The summed E-state index contributed by atoms with van der Waals surface area (Å²) in [5.74, 6) is -0.377. The van der Waals surface area contributed by atoms with Crippen molar-refractivity contribution in [2.24, 2.45) is 5.14 Å². The van der Waals surface area contributed by atoms with Gasteiger partial charge in [0, 0.05) is 12.2 Å². The fourth-order valence-corrected chi connectivity index (χ4v) is 2.25. The van der Waals surface area contributed by atoms with E-state index in [0.717, 1.165) is 0 Å². The highest BCUT2D eigenvalue weighted by atomic mass is 32.2. The van der Waals surface area contributed by atoms with Crippen molar-refractivity contribution >= 4 is 21.7 Å². The monoisotopic (exact) mass is 323 g/mol. The van der Waals surface area contributed by atoms with Crippen LogP contribution in [0, 0.1) is 5.82 Å². The van der Waals surface area contributed by atoms with Gasteiger partial charge >= 0.3 is 6.03 Å². The number of rotatable bonds is 4. The predicted octanol–water partition coefficient (Wildman–Crippen LogP) is 1.79. The fraction of sp³-hybridized carbons (Fsp3) is 0.0714. The summed E-state index contributed by atoms with van der Waals surface area (Å²) in [6.45, 7) is 0.166. The Balaban J connectivity index is 1.92. The zero-order valence-electron chi connectivity index (χ0n) is 11.4. The van der Waals surface area contributed by atoms with Crippen LogP contribution >= 0.6 is 0 Å². The van der Waals surface area contributed by atoms with Crippen LogP contribution in [0.2, 0.25) is 0 Å². The van der Waals surface area contributed by atoms with E-state index in [0.29, 0.717) is 11.3 Å². The molecule has 2 amide bonds. The van der Waals surface area contributed by atoms with Crippen LogP contribution in [0.4, 0.5) is 14.9 Å². The Bertz CT molecular complexity index is 776. The van der Waals surface area contributed by atoms with Crippen LogP contribution in [0.5, 0.6) is 0 Å². The Labute approximate surface area is 127 Å². The number of carbonyl (C=O) groups is 1. The van der Waals surface area contributed by atoms with Gasteiger partial charge in [0.15, 0.2) is 0 Å². The maximum Gasteiger partial charge on any atom is 0.319 e. The third kappa shape index (κ3) is 4.54.